The number of fused-ring (bicyclic) bond motifs is 2. The van der Waals surface area contributed by atoms with Crippen LogP contribution in [0.2, 0.25) is 0 Å². The van der Waals surface area contributed by atoms with Crippen LogP contribution in [0, 0.1) is 0 Å². The van der Waals surface area contributed by atoms with Crippen molar-refractivity contribution in [2.24, 2.45) is 0 Å². The maximum Gasteiger partial charge on any atom is 0.289 e. The number of hydrogen-bond acceptors (Lipinski definition) is 5. The number of benzene rings is 3. The van der Waals surface area contributed by atoms with E-state index >= 15 is 0 Å². The summed E-state index contributed by atoms with van der Waals surface area (Å²) in [6.07, 6.45) is 1.56. The van der Waals surface area contributed by atoms with E-state index in [-0.39, 0.29) is 18.3 Å². The van der Waals surface area contributed by atoms with Crippen molar-refractivity contribution in [2.75, 3.05) is 40.3 Å². The molecular weight excluding hydrogens is 440 g/mol. The quantitative estimate of drug-likeness (QED) is 0.414. The van der Waals surface area contributed by atoms with Gasteiger partial charge < -0.3 is 24.1 Å². The number of para-hydroxylation sites is 1. The number of rotatable bonds is 7. The van der Waals surface area contributed by atoms with Gasteiger partial charge >= 0.3 is 0 Å². The van der Waals surface area contributed by atoms with Gasteiger partial charge in [-0.1, -0.05) is 54.6 Å². The minimum absolute atomic E-state index is 0.168. The molecule has 2 heterocycles. The number of piperidine rings is 1. The Morgan fingerprint density at radius 3 is 2.54 bits per heavy atom. The molecule has 0 bridgehead atoms. The van der Waals surface area contributed by atoms with Crippen LogP contribution in [0.25, 0.3) is 21.7 Å². The number of nitrogens with zero attached hydrogens (tertiary/aromatic N) is 2. The fourth-order valence-corrected chi connectivity index (χ4v) is 4.92. The van der Waals surface area contributed by atoms with E-state index < -0.39 is 6.10 Å². The van der Waals surface area contributed by atoms with Gasteiger partial charge in [0.15, 0.2) is 17.1 Å². The summed E-state index contributed by atoms with van der Waals surface area (Å²) in [7, 11) is 3.38. The van der Waals surface area contributed by atoms with Crippen LogP contribution < -0.4 is 4.74 Å². The zero-order valence-electron chi connectivity index (χ0n) is 20.3. The van der Waals surface area contributed by atoms with Crippen molar-refractivity contribution < 1.29 is 19.1 Å². The Morgan fingerprint density at radius 2 is 1.77 bits per heavy atom. The molecule has 35 heavy (non-hydrogen) atoms. The molecule has 1 unspecified atom stereocenters. The smallest absolute Gasteiger partial charge is 0.289 e. The molecule has 0 radical (unpaired) electrons. The minimum Gasteiger partial charge on any atom is -0.487 e. The molecular formula is C29H32N2O4. The van der Waals surface area contributed by atoms with Crippen molar-refractivity contribution in [3.63, 3.8) is 0 Å². The Balaban J connectivity index is 1.15. The molecule has 1 saturated heterocycles. The zero-order valence-corrected chi connectivity index (χ0v) is 20.3. The molecule has 6 nitrogen and oxygen atoms in total. The van der Waals surface area contributed by atoms with Crippen molar-refractivity contribution in [3.05, 3.63) is 78.1 Å². The first-order valence-corrected chi connectivity index (χ1v) is 12.2. The molecule has 0 aliphatic carbocycles. The zero-order chi connectivity index (χ0) is 24.4. The van der Waals surface area contributed by atoms with Crippen LogP contribution in [0.4, 0.5) is 0 Å². The Labute approximate surface area is 205 Å². The topological polar surface area (TPSA) is 66.2 Å². The highest BCUT2D eigenvalue weighted by molar-refractivity contribution is 5.97. The average molecular weight is 473 g/mol. The van der Waals surface area contributed by atoms with Crippen molar-refractivity contribution in [1.82, 2.24) is 9.80 Å². The molecule has 1 aromatic heterocycles. The molecule has 182 valence electrons. The van der Waals surface area contributed by atoms with Crippen LogP contribution in [0.1, 0.15) is 34.9 Å². The van der Waals surface area contributed by atoms with Crippen molar-refractivity contribution >= 4 is 27.6 Å². The second-order valence-corrected chi connectivity index (χ2v) is 9.63. The third-order valence-electron chi connectivity index (χ3n) is 6.86. The van der Waals surface area contributed by atoms with Crippen molar-refractivity contribution in [1.29, 1.82) is 0 Å². The van der Waals surface area contributed by atoms with E-state index in [0.29, 0.717) is 23.8 Å². The monoisotopic (exact) mass is 472 g/mol. The Morgan fingerprint density at radius 1 is 1.03 bits per heavy atom. The fourth-order valence-electron chi connectivity index (χ4n) is 4.92. The van der Waals surface area contributed by atoms with Crippen LogP contribution in [-0.4, -0.2) is 67.3 Å². The van der Waals surface area contributed by atoms with Gasteiger partial charge in [0.05, 0.1) is 0 Å². The second-order valence-electron chi connectivity index (χ2n) is 9.63. The lowest BCUT2D eigenvalue weighted by atomic mass is 9.88. The second kappa shape index (κ2) is 10.1. The predicted molar refractivity (Wildman–Crippen MR) is 138 cm³/mol. The van der Waals surface area contributed by atoms with Gasteiger partial charge in [0.2, 0.25) is 0 Å². The number of ether oxygens (including phenoxy) is 1. The number of amides is 1. The summed E-state index contributed by atoms with van der Waals surface area (Å²) in [6.45, 7) is 2.65. The summed E-state index contributed by atoms with van der Waals surface area (Å²) in [4.78, 5) is 16.0. The van der Waals surface area contributed by atoms with E-state index in [4.69, 9.17) is 9.15 Å². The third-order valence-corrected chi connectivity index (χ3v) is 6.86. The molecule has 3 aromatic carbocycles. The molecule has 1 aliphatic heterocycles. The van der Waals surface area contributed by atoms with Crippen LogP contribution in [0.5, 0.6) is 5.75 Å². The molecule has 1 atom stereocenters. The highest BCUT2D eigenvalue weighted by Gasteiger charge is 2.23. The molecule has 1 aliphatic rings. The first-order chi connectivity index (χ1) is 17.0. The molecule has 0 saturated carbocycles. The molecule has 1 amide bonds. The third kappa shape index (κ3) is 5.19. The minimum atomic E-state index is -0.611. The molecule has 5 rings (SSSR count). The maximum atomic E-state index is 12.2. The number of furan rings is 1. The van der Waals surface area contributed by atoms with Gasteiger partial charge in [-0.25, -0.2) is 0 Å². The fraction of sp³-hybridized carbons (Fsp3) is 0.345. The Hall–Kier alpha value is -3.35. The highest BCUT2D eigenvalue weighted by atomic mass is 16.5. The van der Waals surface area contributed by atoms with E-state index in [9.17, 15) is 9.90 Å². The van der Waals surface area contributed by atoms with E-state index in [2.05, 4.69) is 47.4 Å². The van der Waals surface area contributed by atoms with Gasteiger partial charge in [-0.05, 0) is 60.3 Å². The largest absolute Gasteiger partial charge is 0.487 e. The van der Waals surface area contributed by atoms with Crippen molar-refractivity contribution in [2.45, 2.75) is 24.9 Å². The Bertz CT molecular complexity index is 1320. The van der Waals surface area contributed by atoms with Gasteiger partial charge in [0.1, 0.15) is 12.7 Å². The maximum absolute atomic E-state index is 12.2. The predicted octanol–water partition coefficient (Wildman–Crippen LogP) is 4.91. The van der Waals surface area contributed by atoms with E-state index in [1.165, 1.54) is 21.2 Å². The standard InChI is InChI=1S/C29H32N2O4/c1-30(2)29(33)27-17-24-8-5-9-26(28(24)35-27)34-19-25(32)18-31-14-12-21(13-15-31)23-11-10-20-6-3-4-7-22(20)16-23/h3-11,16-17,21,25,32H,12-15,18-19H2,1-2H3. The van der Waals surface area contributed by atoms with Gasteiger partial charge in [0.25, 0.3) is 5.91 Å². The van der Waals surface area contributed by atoms with E-state index in [1.54, 1.807) is 26.2 Å². The average Bonchev–Trinajstić information content (AvgIpc) is 3.32. The molecule has 1 N–H and O–H groups in total. The molecule has 4 aromatic rings. The van der Waals surface area contributed by atoms with Crippen LogP contribution in [0.3, 0.4) is 0 Å². The first kappa shape index (κ1) is 23.4. The lowest BCUT2D eigenvalue weighted by molar-refractivity contribution is 0.0595. The number of aliphatic hydroxyl groups excluding tert-OH is 1. The summed E-state index contributed by atoms with van der Waals surface area (Å²) in [5.74, 6) is 1.17. The summed E-state index contributed by atoms with van der Waals surface area (Å²) in [6, 6.07) is 22.6. The highest BCUT2D eigenvalue weighted by Crippen LogP contribution is 2.31. The number of hydrogen-bond donors (Lipinski definition) is 1. The van der Waals surface area contributed by atoms with Gasteiger partial charge in [-0.2, -0.15) is 0 Å². The number of likely N-dealkylation sites (tertiary alicyclic amines) is 1. The summed E-state index contributed by atoms with van der Waals surface area (Å²) >= 11 is 0. The number of aliphatic hydroxyl groups is 1. The normalized spacial score (nSPS) is 16.0. The Kier molecular flexibility index (Phi) is 6.75. The summed E-state index contributed by atoms with van der Waals surface area (Å²) in [5.41, 5.74) is 1.94. The molecule has 0 spiro atoms. The van der Waals surface area contributed by atoms with Crippen LogP contribution in [-0.2, 0) is 0 Å². The molecule has 6 heteroatoms. The van der Waals surface area contributed by atoms with Gasteiger partial charge in [-0.15, -0.1) is 0 Å². The van der Waals surface area contributed by atoms with Crippen LogP contribution in [0.15, 0.2) is 71.1 Å². The van der Waals surface area contributed by atoms with Gasteiger partial charge in [0, 0.05) is 26.0 Å². The molecule has 1 fully saturated rings. The van der Waals surface area contributed by atoms with E-state index in [1.807, 2.05) is 12.1 Å². The number of carbonyl (C=O) groups excluding carboxylic acids is 1. The first-order valence-electron chi connectivity index (χ1n) is 12.2. The SMILES string of the molecule is CN(C)C(=O)c1cc2cccc(OCC(O)CN3CCC(c4ccc5ccccc5c4)CC3)c2o1. The van der Waals surface area contributed by atoms with Gasteiger partial charge in [-0.3, -0.25) is 4.79 Å². The van der Waals surface area contributed by atoms with Crippen LogP contribution >= 0.6 is 0 Å². The van der Waals surface area contributed by atoms with Crippen molar-refractivity contribution in [3.8, 4) is 5.75 Å². The summed E-state index contributed by atoms with van der Waals surface area (Å²) in [5, 5.41) is 14.0. The number of β-amino-alcohol motifs (C(OH)–C–C–N with tert-alkyl or cyclic N) is 1. The lowest BCUT2D eigenvalue weighted by Gasteiger charge is -2.33. The number of carbonyl (C=O) groups is 1. The lowest BCUT2D eigenvalue weighted by Crippen LogP contribution is -2.40. The summed E-state index contributed by atoms with van der Waals surface area (Å²) < 4.78 is 11.7. The van der Waals surface area contributed by atoms with E-state index in [0.717, 1.165) is 31.3 Å².